The zero-order valence-electron chi connectivity index (χ0n) is 8.10. The quantitative estimate of drug-likeness (QED) is 0.723. The zero-order valence-corrected chi connectivity index (χ0v) is 8.10. The van der Waals surface area contributed by atoms with E-state index < -0.39 is 12.0 Å². The number of pyridine rings is 1. The van der Waals surface area contributed by atoms with Gasteiger partial charge in [0.1, 0.15) is 6.04 Å². The van der Waals surface area contributed by atoms with Gasteiger partial charge >= 0.3 is 5.97 Å². The highest BCUT2D eigenvalue weighted by Gasteiger charge is 2.13. The van der Waals surface area contributed by atoms with E-state index in [1.54, 1.807) is 19.4 Å². The molecule has 0 aromatic carbocycles. The van der Waals surface area contributed by atoms with E-state index in [1.807, 2.05) is 12.1 Å². The number of likely N-dealkylation sites (N-methyl/N-ethyl adjacent to an activating group) is 1. The Hall–Kier alpha value is -1.42. The van der Waals surface area contributed by atoms with E-state index in [0.717, 1.165) is 12.0 Å². The molecule has 0 radical (unpaired) electrons. The Morgan fingerprint density at radius 3 is 3.00 bits per heavy atom. The average Bonchev–Trinajstić information content (AvgIpc) is 2.20. The van der Waals surface area contributed by atoms with Crippen molar-refractivity contribution in [3.63, 3.8) is 0 Å². The van der Waals surface area contributed by atoms with Gasteiger partial charge in [-0.25, -0.2) is 0 Å². The lowest BCUT2D eigenvalue weighted by atomic mass is 10.1. The SMILES string of the molecule is CNC(CCc1cccnc1)C(=O)O. The maximum absolute atomic E-state index is 10.7. The molecule has 1 aromatic rings. The lowest BCUT2D eigenvalue weighted by Crippen LogP contribution is -2.34. The number of carboxylic acids is 1. The highest BCUT2D eigenvalue weighted by atomic mass is 16.4. The van der Waals surface area contributed by atoms with E-state index in [9.17, 15) is 4.79 Å². The third-order valence-corrected chi connectivity index (χ3v) is 2.09. The van der Waals surface area contributed by atoms with Gasteiger partial charge in [-0.1, -0.05) is 6.07 Å². The summed E-state index contributed by atoms with van der Waals surface area (Å²) < 4.78 is 0. The molecule has 0 bridgehead atoms. The first-order valence-electron chi connectivity index (χ1n) is 4.53. The molecule has 4 heteroatoms. The Morgan fingerprint density at radius 2 is 2.50 bits per heavy atom. The predicted octanol–water partition coefficient (Wildman–Crippen LogP) is 0.687. The monoisotopic (exact) mass is 194 g/mol. The fourth-order valence-corrected chi connectivity index (χ4v) is 1.25. The lowest BCUT2D eigenvalue weighted by Gasteiger charge is -2.10. The molecule has 76 valence electrons. The van der Waals surface area contributed by atoms with Crippen LogP contribution in [0.3, 0.4) is 0 Å². The standard InChI is InChI=1S/C10H14N2O2/c1-11-9(10(13)14)5-4-8-3-2-6-12-7-8/h2-3,6-7,9,11H,4-5H2,1H3,(H,13,14). The molecule has 0 fully saturated rings. The summed E-state index contributed by atoms with van der Waals surface area (Å²) in [5, 5.41) is 11.5. The van der Waals surface area contributed by atoms with Crippen LogP contribution in [0.2, 0.25) is 0 Å². The number of carbonyl (C=O) groups is 1. The summed E-state index contributed by atoms with van der Waals surface area (Å²) in [6, 6.07) is 3.32. The molecule has 1 atom stereocenters. The van der Waals surface area contributed by atoms with Crippen molar-refractivity contribution < 1.29 is 9.90 Å². The molecule has 1 heterocycles. The van der Waals surface area contributed by atoms with Gasteiger partial charge in [-0.2, -0.15) is 0 Å². The lowest BCUT2D eigenvalue weighted by molar-refractivity contribution is -0.139. The van der Waals surface area contributed by atoms with E-state index in [2.05, 4.69) is 10.3 Å². The van der Waals surface area contributed by atoms with Gasteiger partial charge in [-0.15, -0.1) is 0 Å². The van der Waals surface area contributed by atoms with Gasteiger partial charge in [-0.3, -0.25) is 9.78 Å². The minimum Gasteiger partial charge on any atom is -0.480 e. The van der Waals surface area contributed by atoms with Crippen LogP contribution >= 0.6 is 0 Å². The smallest absolute Gasteiger partial charge is 0.320 e. The van der Waals surface area contributed by atoms with E-state index in [4.69, 9.17) is 5.11 Å². The van der Waals surface area contributed by atoms with Crippen molar-refractivity contribution >= 4 is 5.97 Å². The zero-order chi connectivity index (χ0) is 10.4. The summed E-state index contributed by atoms with van der Waals surface area (Å²) >= 11 is 0. The van der Waals surface area contributed by atoms with Gasteiger partial charge in [0.25, 0.3) is 0 Å². The molecule has 0 aliphatic rings. The number of aliphatic carboxylic acids is 1. The number of hydrogen-bond acceptors (Lipinski definition) is 3. The van der Waals surface area contributed by atoms with Crippen LogP contribution in [0.15, 0.2) is 24.5 Å². The number of carboxylic acid groups (broad SMARTS) is 1. The number of nitrogens with zero attached hydrogens (tertiary/aromatic N) is 1. The molecular weight excluding hydrogens is 180 g/mol. The van der Waals surface area contributed by atoms with Crippen LogP contribution in [0.4, 0.5) is 0 Å². The minimum absolute atomic E-state index is 0.477. The second kappa shape index (κ2) is 5.34. The van der Waals surface area contributed by atoms with Gasteiger partial charge in [0.2, 0.25) is 0 Å². The molecule has 0 aliphatic carbocycles. The second-order valence-corrected chi connectivity index (χ2v) is 3.08. The maximum atomic E-state index is 10.7. The molecule has 0 spiro atoms. The maximum Gasteiger partial charge on any atom is 0.320 e. The molecule has 2 N–H and O–H groups in total. The average molecular weight is 194 g/mol. The molecule has 0 amide bonds. The number of hydrogen-bond donors (Lipinski definition) is 2. The van der Waals surface area contributed by atoms with E-state index in [0.29, 0.717) is 6.42 Å². The summed E-state index contributed by atoms with van der Waals surface area (Å²) in [5.74, 6) is -0.809. The summed E-state index contributed by atoms with van der Waals surface area (Å²) in [5.41, 5.74) is 1.06. The van der Waals surface area contributed by atoms with Crippen molar-refractivity contribution in [2.24, 2.45) is 0 Å². The summed E-state index contributed by atoms with van der Waals surface area (Å²) in [6.07, 6.45) is 4.77. The molecule has 14 heavy (non-hydrogen) atoms. The topological polar surface area (TPSA) is 62.2 Å². The Bertz CT molecular complexity index is 287. The molecule has 0 saturated carbocycles. The Balaban J connectivity index is 2.44. The molecule has 0 aliphatic heterocycles. The van der Waals surface area contributed by atoms with E-state index in [-0.39, 0.29) is 0 Å². The molecule has 1 unspecified atom stereocenters. The Labute approximate surface area is 83.0 Å². The first-order valence-corrected chi connectivity index (χ1v) is 4.53. The highest BCUT2D eigenvalue weighted by Crippen LogP contribution is 2.03. The number of aryl methyl sites for hydroxylation is 1. The summed E-state index contributed by atoms with van der Waals surface area (Å²) in [6.45, 7) is 0. The van der Waals surface area contributed by atoms with E-state index >= 15 is 0 Å². The van der Waals surface area contributed by atoms with E-state index in [1.165, 1.54) is 0 Å². The van der Waals surface area contributed by atoms with Gasteiger partial charge in [0.05, 0.1) is 0 Å². The van der Waals surface area contributed by atoms with Gasteiger partial charge in [-0.05, 0) is 31.5 Å². The van der Waals surface area contributed by atoms with Crippen LogP contribution < -0.4 is 5.32 Å². The number of aromatic nitrogens is 1. The van der Waals surface area contributed by atoms with Crippen molar-refractivity contribution in [1.29, 1.82) is 0 Å². The van der Waals surface area contributed by atoms with Crippen molar-refractivity contribution in [3.05, 3.63) is 30.1 Å². The summed E-state index contributed by atoms with van der Waals surface area (Å²) in [7, 11) is 1.65. The highest BCUT2D eigenvalue weighted by molar-refractivity contribution is 5.73. The first-order chi connectivity index (χ1) is 6.74. The van der Waals surface area contributed by atoms with Crippen molar-refractivity contribution in [2.75, 3.05) is 7.05 Å². The normalized spacial score (nSPS) is 12.4. The number of rotatable bonds is 5. The van der Waals surface area contributed by atoms with Gasteiger partial charge in [0.15, 0.2) is 0 Å². The molecule has 1 rings (SSSR count). The van der Waals surface area contributed by atoms with Gasteiger partial charge < -0.3 is 10.4 Å². The summed E-state index contributed by atoms with van der Waals surface area (Å²) in [4.78, 5) is 14.6. The third-order valence-electron chi connectivity index (χ3n) is 2.09. The van der Waals surface area contributed by atoms with Crippen LogP contribution in [0.1, 0.15) is 12.0 Å². The van der Waals surface area contributed by atoms with Crippen LogP contribution in [-0.4, -0.2) is 29.1 Å². The minimum atomic E-state index is -0.809. The largest absolute Gasteiger partial charge is 0.480 e. The van der Waals surface area contributed by atoms with Crippen LogP contribution in [0.5, 0.6) is 0 Å². The first kappa shape index (κ1) is 10.7. The fourth-order valence-electron chi connectivity index (χ4n) is 1.25. The number of nitrogens with one attached hydrogen (secondary N) is 1. The van der Waals surface area contributed by atoms with Crippen molar-refractivity contribution in [2.45, 2.75) is 18.9 Å². The molecule has 1 aromatic heterocycles. The second-order valence-electron chi connectivity index (χ2n) is 3.08. The van der Waals surface area contributed by atoms with Gasteiger partial charge in [0, 0.05) is 12.4 Å². The molecular formula is C10H14N2O2. The Morgan fingerprint density at radius 1 is 1.71 bits per heavy atom. The third kappa shape index (κ3) is 3.14. The Kier molecular flexibility index (Phi) is 4.07. The van der Waals surface area contributed by atoms with Crippen molar-refractivity contribution in [1.82, 2.24) is 10.3 Å². The molecule has 4 nitrogen and oxygen atoms in total. The van der Waals surface area contributed by atoms with Crippen molar-refractivity contribution in [3.8, 4) is 0 Å². The van der Waals surface area contributed by atoms with Crippen LogP contribution in [0, 0.1) is 0 Å². The predicted molar refractivity (Wildman–Crippen MR) is 53.0 cm³/mol. The molecule has 0 saturated heterocycles. The fraction of sp³-hybridized carbons (Fsp3) is 0.400. The van der Waals surface area contributed by atoms with Crippen LogP contribution in [0.25, 0.3) is 0 Å². The van der Waals surface area contributed by atoms with Crippen LogP contribution in [-0.2, 0) is 11.2 Å².